The van der Waals surface area contributed by atoms with Gasteiger partial charge >= 0.3 is 6.18 Å². The van der Waals surface area contributed by atoms with E-state index >= 15 is 0 Å². The van der Waals surface area contributed by atoms with Gasteiger partial charge in [0.05, 0.1) is 17.5 Å². The molecule has 1 N–H and O–H groups in total. The normalized spacial score (nSPS) is 11.7. The van der Waals surface area contributed by atoms with Gasteiger partial charge < -0.3 is 0 Å². The summed E-state index contributed by atoms with van der Waals surface area (Å²) in [5.41, 5.74) is 2.71. The van der Waals surface area contributed by atoms with Crippen LogP contribution in [0.25, 0.3) is 0 Å². The van der Waals surface area contributed by atoms with Crippen molar-refractivity contribution in [1.29, 1.82) is 0 Å². The maximum absolute atomic E-state index is 12.7. The van der Waals surface area contributed by atoms with E-state index in [4.69, 9.17) is 0 Å². The van der Waals surface area contributed by atoms with Crippen LogP contribution in [0.3, 0.4) is 0 Å². The van der Waals surface area contributed by atoms with Crippen molar-refractivity contribution in [2.75, 3.05) is 5.43 Å². The van der Waals surface area contributed by atoms with Crippen molar-refractivity contribution in [1.82, 2.24) is 0 Å². The van der Waals surface area contributed by atoms with Gasteiger partial charge in [-0.1, -0.05) is 36.4 Å². The van der Waals surface area contributed by atoms with E-state index < -0.39 is 11.7 Å². The molecule has 0 aliphatic heterocycles. The summed E-state index contributed by atoms with van der Waals surface area (Å²) in [4.78, 5) is 0. The molecule has 0 bridgehead atoms. The van der Waals surface area contributed by atoms with Gasteiger partial charge in [0.1, 0.15) is 0 Å². The Kier molecular flexibility index (Phi) is 3.85. The van der Waals surface area contributed by atoms with Crippen LogP contribution < -0.4 is 5.43 Å². The highest BCUT2D eigenvalue weighted by Gasteiger charge is 2.32. The number of alkyl halides is 3. The van der Waals surface area contributed by atoms with Gasteiger partial charge in [0.25, 0.3) is 0 Å². The van der Waals surface area contributed by atoms with E-state index in [-0.39, 0.29) is 5.56 Å². The van der Waals surface area contributed by atoms with E-state index in [0.29, 0.717) is 5.69 Å². The molecule has 19 heavy (non-hydrogen) atoms. The van der Waals surface area contributed by atoms with Crippen molar-refractivity contribution < 1.29 is 13.2 Å². The zero-order valence-electron chi connectivity index (χ0n) is 9.85. The van der Waals surface area contributed by atoms with Crippen LogP contribution in [0.2, 0.25) is 0 Å². The largest absolute Gasteiger partial charge is 0.417 e. The molecule has 0 saturated heterocycles. The topological polar surface area (TPSA) is 24.4 Å². The first-order valence-electron chi connectivity index (χ1n) is 5.58. The molecule has 0 amide bonds. The number of nitrogens with one attached hydrogen (secondary N) is 1. The lowest BCUT2D eigenvalue weighted by Crippen LogP contribution is -2.08. The van der Waals surface area contributed by atoms with Crippen LogP contribution in [0.15, 0.2) is 59.7 Å². The second-order valence-corrected chi connectivity index (χ2v) is 3.82. The smallest absolute Gasteiger partial charge is 0.279 e. The van der Waals surface area contributed by atoms with Crippen molar-refractivity contribution in [3.63, 3.8) is 0 Å². The predicted molar refractivity (Wildman–Crippen MR) is 69.1 cm³/mol. The average molecular weight is 264 g/mol. The maximum atomic E-state index is 12.7. The standard InChI is InChI=1S/C14H11F3N2/c15-14(16,17)13-9-5-4-6-11(13)10-18-19-12-7-2-1-3-8-12/h1-10,19H. The lowest BCUT2D eigenvalue weighted by molar-refractivity contribution is -0.137. The fourth-order valence-electron chi connectivity index (χ4n) is 1.56. The lowest BCUT2D eigenvalue weighted by Gasteiger charge is -2.09. The molecule has 2 aromatic carbocycles. The van der Waals surface area contributed by atoms with E-state index in [2.05, 4.69) is 10.5 Å². The number of hydrogen-bond acceptors (Lipinski definition) is 2. The Balaban J connectivity index is 2.16. The highest BCUT2D eigenvalue weighted by Crippen LogP contribution is 2.31. The van der Waals surface area contributed by atoms with Crippen LogP contribution in [0.5, 0.6) is 0 Å². The van der Waals surface area contributed by atoms with Crippen molar-refractivity contribution in [2.24, 2.45) is 5.10 Å². The summed E-state index contributed by atoms with van der Waals surface area (Å²) in [5.74, 6) is 0. The fourth-order valence-corrected chi connectivity index (χ4v) is 1.56. The number of hydrazone groups is 1. The maximum Gasteiger partial charge on any atom is 0.417 e. The molecule has 0 aromatic heterocycles. The minimum atomic E-state index is -4.38. The number of benzene rings is 2. The quantitative estimate of drug-likeness (QED) is 0.653. The van der Waals surface area contributed by atoms with Crippen molar-refractivity contribution in [3.05, 3.63) is 65.7 Å². The van der Waals surface area contributed by atoms with E-state index in [1.54, 1.807) is 18.2 Å². The number of para-hydroxylation sites is 1. The average Bonchev–Trinajstić information content (AvgIpc) is 2.39. The van der Waals surface area contributed by atoms with Gasteiger partial charge in [0.15, 0.2) is 0 Å². The molecule has 0 spiro atoms. The molecule has 2 aromatic rings. The van der Waals surface area contributed by atoms with Gasteiger partial charge in [-0.25, -0.2) is 0 Å². The Morgan fingerprint density at radius 2 is 1.53 bits per heavy atom. The lowest BCUT2D eigenvalue weighted by atomic mass is 10.1. The zero-order valence-corrected chi connectivity index (χ0v) is 9.85. The highest BCUT2D eigenvalue weighted by molar-refractivity contribution is 5.82. The first-order chi connectivity index (χ1) is 9.07. The van der Waals surface area contributed by atoms with E-state index in [9.17, 15) is 13.2 Å². The molecule has 0 fully saturated rings. The third-order valence-corrected chi connectivity index (χ3v) is 2.44. The first kappa shape index (κ1) is 13.1. The van der Waals surface area contributed by atoms with Gasteiger partial charge in [0.2, 0.25) is 0 Å². The molecule has 0 atom stereocenters. The molecule has 0 unspecified atom stereocenters. The Morgan fingerprint density at radius 1 is 0.895 bits per heavy atom. The molecule has 0 aliphatic carbocycles. The number of rotatable bonds is 3. The molecule has 0 radical (unpaired) electrons. The van der Waals surface area contributed by atoms with Gasteiger partial charge in [0, 0.05) is 5.56 Å². The fraction of sp³-hybridized carbons (Fsp3) is 0.0714. The molecule has 98 valence electrons. The molecular formula is C14H11F3N2. The molecule has 5 heteroatoms. The number of nitrogens with zero attached hydrogens (tertiary/aromatic N) is 1. The minimum Gasteiger partial charge on any atom is -0.279 e. The predicted octanol–water partition coefficient (Wildman–Crippen LogP) is 4.15. The second kappa shape index (κ2) is 5.56. The summed E-state index contributed by atoms with van der Waals surface area (Å²) in [6, 6.07) is 14.3. The SMILES string of the molecule is FC(F)(F)c1ccccc1C=NNc1ccccc1. The summed E-state index contributed by atoms with van der Waals surface area (Å²) in [6.07, 6.45) is -3.22. The van der Waals surface area contributed by atoms with Gasteiger partial charge in [-0.05, 0) is 18.2 Å². The monoisotopic (exact) mass is 264 g/mol. The van der Waals surface area contributed by atoms with Crippen molar-refractivity contribution in [2.45, 2.75) is 6.18 Å². The van der Waals surface area contributed by atoms with E-state index in [0.717, 1.165) is 12.3 Å². The van der Waals surface area contributed by atoms with Gasteiger partial charge in [-0.2, -0.15) is 18.3 Å². The molecule has 0 heterocycles. The number of anilines is 1. The summed E-state index contributed by atoms with van der Waals surface area (Å²) in [6.45, 7) is 0. The zero-order chi connectivity index (χ0) is 13.7. The molecular weight excluding hydrogens is 253 g/mol. The van der Waals surface area contributed by atoms with Crippen molar-refractivity contribution >= 4 is 11.9 Å². The van der Waals surface area contributed by atoms with Crippen LogP contribution in [-0.2, 0) is 6.18 Å². The summed E-state index contributed by atoms with van der Waals surface area (Å²) >= 11 is 0. The molecule has 0 saturated carbocycles. The summed E-state index contributed by atoms with van der Waals surface area (Å²) < 4.78 is 38.1. The molecule has 2 nitrogen and oxygen atoms in total. The van der Waals surface area contributed by atoms with Gasteiger partial charge in [-0.15, -0.1) is 0 Å². The minimum absolute atomic E-state index is 0.0263. The summed E-state index contributed by atoms with van der Waals surface area (Å²) in [5, 5.41) is 3.81. The third-order valence-electron chi connectivity index (χ3n) is 2.44. The Bertz CT molecular complexity index is 562. The van der Waals surface area contributed by atoms with Crippen molar-refractivity contribution in [3.8, 4) is 0 Å². The van der Waals surface area contributed by atoms with Crippen LogP contribution in [0.1, 0.15) is 11.1 Å². The molecule has 2 rings (SSSR count). The van der Waals surface area contributed by atoms with Crippen LogP contribution in [0.4, 0.5) is 18.9 Å². The highest BCUT2D eigenvalue weighted by atomic mass is 19.4. The second-order valence-electron chi connectivity index (χ2n) is 3.82. The number of halogens is 3. The van der Waals surface area contributed by atoms with E-state index in [1.165, 1.54) is 12.1 Å². The van der Waals surface area contributed by atoms with Crippen LogP contribution >= 0.6 is 0 Å². The van der Waals surface area contributed by atoms with E-state index in [1.807, 2.05) is 18.2 Å². The summed E-state index contributed by atoms with van der Waals surface area (Å²) in [7, 11) is 0. The Morgan fingerprint density at radius 3 is 2.21 bits per heavy atom. The first-order valence-corrected chi connectivity index (χ1v) is 5.58. The molecule has 0 aliphatic rings. The number of hydrogen-bond donors (Lipinski definition) is 1. The Labute approximate surface area is 108 Å². The van der Waals surface area contributed by atoms with Crippen LogP contribution in [0, 0.1) is 0 Å². The van der Waals surface area contributed by atoms with Crippen LogP contribution in [-0.4, -0.2) is 6.21 Å². The Hall–Kier alpha value is -2.30. The third kappa shape index (κ3) is 3.58. The van der Waals surface area contributed by atoms with Gasteiger partial charge in [-0.3, -0.25) is 5.43 Å².